The second-order valence-corrected chi connectivity index (χ2v) is 5.14. The van der Waals surface area contributed by atoms with Gasteiger partial charge in [-0.05, 0) is 0 Å². The van der Waals surface area contributed by atoms with Crippen LogP contribution in [0.15, 0.2) is 17.0 Å². The molecule has 0 aliphatic carbocycles. The molecule has 15 heavy (non-hydrogen) atoms. The molecule has 0 unspecified atom stereocenters. The van der Waals surface area contributed by atoms with Gasteiger partial charge in [-0.25, -0.2) is 0 Å². The molecule has 0 spiro atoms. The van der Waals surface area contributed by atoms with Crippen LogP contribution in [0.3, 0.4) is 0 Å². The standard InChI is InChI=1S/C12H17OSSe/c1-4-7-13-10-6-5-9(8(2)3)11(14)12(10)15/h5-6,8,14H,4,7H2,1-3H3. The van der Waals surface area contributed by atoms with Crippen molar-refractivity contribution in [3.8, 4) is 5.75 Å². The molecule has 3 heteroatoms. The van der Waals surface area contributed by atoms with Gasteiger partial charge in [0.1, 0.15) is 0 Å². The zero-order chi connectivity index (χ0) is 11.4. The number of ether oxygens (including phenoxy) is 1. The number of hydrogen-bond acceptors (Lipinski definition) is 2. The van der Waals surface area contributed by atoms with E-state index in [0.29, 0.717) is 5.92 Å². The maximum absolute atomic E-state index is 5.62. The summed E-state index contributed by atoms with van der Waals surface area (Å²) < 4.78 is 6.65. The van der Waals surface area contributed by atoms with E-state index >= 15 is 0 Å². The molecule has 0 atom stereocenters. The molecule has 0 aromatic heterocycles. The van der Waals surface area contributed by atoms with Crippen LogP contribution in [0.1, 0.15) is 38.7 Å². The molecule has 1 nitrogen and oxygen atoms in total. The van der Waals surface area contributed by atoms with Crippen molar-refractivity contribution in [3.05, 3.63) is 17.7 Å². The van der Waals surface area contributed by atoms with E-state index in [4.69, 9.17) is 4.74 Å². The van der Waals surface area contributed by atoms with Crippen LogP contribution in [-0.2, 0) is 0 Å². The summed E-state index contributed by atoms with van der Waals surface area (Å²) in [5.41, 5.74) is 1.26. The number of rotatable bonds is 4. The van der Waals surface area contributed by atoms with E-state index in [1.807, 2.05) is 6.07 Å². The molecular weight excluding hydrogens is 271 g/mol. The van der Waals surface area contributed by atoms with Gasteiger partial charge in [0, 0.05) is 0 Å². The Labute approximate surface area is 106 Å². The van der Waals surface area contributed by atoms with E-state index < -0.39 is 0 Å². The second-order valence-electron chi connectivity index (χ2n) is 3.83. The Bertz CT molecular complexity index is 337. The first-order chi connectivity index (χ1) is 7.07. The topological polar surface area (TPSA) is 9.23 Å². The van der Waals surface area contributed by atoms with E-state index in [0.717, 1.165) is 28.1 Å². The van der Waals surface area contributed by atoms with Gasteiger partial charge in [0.2, 0.25) is 0 Å². The van der Waals surface area contributed by atoms with Crippen molar-refractivity contribution in [3.63, 3.8) is 0 Å². The molecule has 1 aromatic carbocycles. The molecule has 0 N–H and O–H groups in total. The van der Waals surface area contributed by atoms with Crippen LogP contribution in [0.25, 0.3) is 0 Å². The van der Waals surface area contributed by atoms with Gasteiger partial charge in [-0.3, -0.25) is 0 Å². The average Bonchev–Trinajstić information content (AvgIpc) is 2.20. The molecule has 0 aliphatic rings. The van der Waals surface area contributed by atoms with Crippen molar-refractivity contribution in [2.75, 3.05) is 6.61 Å². The fourth-order valence-electron chi connectivity index (χ4n) is 1.36. The van der Waals surface area contributed by atoms with Gasteiger partial charge in [-0.1, -0.05) is 0 Å². The van der Waals surface area contributed by atoms with E-state index in [9.17, 15) is 0 Å². The van der Waals surface area contributed by atoms with E-state index in [2.05, 4.69) is 55.5 Å². The van der Waals surface area contributed by atoms with Crippen molar-refractivity contribution >= 4 is 33.1 Å². The predicted molar refractivity (Wildman–Crippen MR) is 69.0 cm³/mol. The van der Waals surface area contributed by atoms with Gasteiger partial charge in [0.05, 0.1) is 0 Å². The van der Waals surface area contributed by atoms with Gasteiger partial charge in [-0.15, -0.1) is 0 Å². The molecule has 0 bridgehead atoms. The van der Waals surface area contributed by atoms with Gasteiger partial charge in [0.15, 0.2) is 0 Å². The predicted octanol–water partition coefficient (Wildman–Crippen LogP) is 2.68. The molecule has 0 amide bonds. The Hall–Kier alpha value is -0.111. The molecule has 0 aliphatic heterocycles. The normalized spacial score (nSPS) is 10.7. The van der Waals surface area contributed by atoms with Gasteiger partial charge in [0.25, 0.3) is 0 Å². The van der Waals surface area contributed by atoms with Crippen LogP contribution in [0.4, 0.5) is 0 Å². The summed E-state index contributed by atoms with van der Waals surface area (Å²) in [6, 6.07) is 4.12. The minimum atomic E-state index is 0.491. The van der Waals surface area contributed by atoms with Crippen molar-refractivity contribution in [2.45, 2.75) is 38.0 Å². The summed E-state index contributed by atoms with van der Waals surface area (Å²) in [6.07, 6.45) is 1.02. The van der Waals surface area contributed by atoms with Crippen LogP contribution in [-0.4, -0.2) is 22.6 Å². The number of benzene rings is 1. The number of thiol groups is 1. The zero-order valence-electron chi connectivity index (χ0n) is 9.41. The zero-order valence-corrected chi connectivity index (χ0v) is 12.0. The van der Waals surface area contributed by atoms with Crippen LogP contribution in [0.5, 0.6) is 5.75 Å². The van der Waals surface area contributed by atoms with E-state index in [-0.39, 0.29) is 0 Å². The molecule has 83 valence electrons. The number of hydrogen-bond donors (Lipinski definition) is 1. The van der Waals surface area contributed by atoms with Crippen molar-refractivity contribution in [2.24, 2.45) is 0 Å². The summed E-state index contributed by atoms with van der Waals surface area (Å²) >= 11 is 7.57. The Morgan fingerprint density at radius 2 is 2.07 bits per heavy atom. The third-order valence-electron chi connectivity index (χ3n) is 2.21. The fraction of sp³-hybridized carbons (Fsp3) is 0.500. The fourth-order valence-corrected chi connectivity index (χ4v) is 2.32. The van der Waals surface area contributed by atoms with Crippen LogP contribution in [0, 0.1) is 0 Å². The Morgan fingerprint density at radius 3 is 2.60 bits per heavy atom. The van der Waals surface area contributed by atoms with E-state index in [1.165, 1.54) is 5.56 Å². The monoisotopic (exact) mass is 289 g/mol. The Balaban J connectivity index is 2.99. The van der Waals surface area contributed by atoms with Crippen LogP contribution < -0.4 is 9.20 Å². The van der Waals surface area contributed by atoms with Gasteiger partial charge in [-0.2, -0.15) is 0 Å². The van der Waals surface area contributed by atoms with Crippen LogP contribution >= 0.6 is 12.6 Å². The third-order valence-corrected chi connectivity index (χ3v) is 3.88. The molecule has 1 radical (unpaired) electrons. The second kappa shape index (κ2) is 5.83. The summed E-state index contributed by atoms with van der Waals surface area (Å²) in [6.45, 7) is 7.19. The summed E-state index contributed by atoms with van der Waals surface area (Å²) in [4.78, 5) is 1.01. The average molecular weight is 288 g/mol. The quantitative estimate of drug-likeness (QED) is 0.662. The van der Waals surface area contributed by atoms with Crippen molar-refractivity contribution in [1.82, 2.24) is 0 Å². The molecular formula is C12H17OSSe. The molecule has 0 saturated carbocycles. The molecule has 1 aromatic rings. The molecule has 0 heterocycles. The first-order valence-electron chi connectivity index (χ1n) is 5.23. The van der Waals surface area contributed by atoms with Gasteiger partial charge >= 0.3 is 106 Å². The molecule has 0 fully saturated rings. The van der Waals surface area contributed by atoms with E-state index in [1.54, 1.807) is 0 Å². The summed E-state index contributed by atoms with van der Waals surface area (Å²) in [7, 11) is 0. The Morgan fingerprint density at radius 1 is 1.40 bits per heavy atom. The SMILES string of the molecule is CCCOc1ccc(C(C)C)c(S)c1[Se]. The van der Waals surface area contributed by atoms with Gasteiger partial charge < -0.3 is 0 Å². The van der Waals surface area contributed by atoms with Crippen LogP contribution in [0.2, 0.25) is 0 Å². The molecule has 0 saturated heterocycles. The van der Waals surface area contributed by atoms with Crippen molar-refractivity contribution in [1.29, 1.82) is 0 Å². The summed E-state index contributed by atoms with van der Waals surface area (Å²) in [5, 5.41) is 0. The first-order valence-corrected chi connectivity index (χ1v) is 6.54. The Kier molecular flexibility index (Phi) is 5.04. The third kappa shape index (κ3) is 3.17. The van der Waals surface area contributed by atoms with Crippen molar-refractivity contribution < 1.29 is 4.74 Å². The molecule has 1 rings (SSSR count). The maximum atomic E-state index is 5.62. The first kappa shape index (κ1) is 13.0. The summed E-state index contributed by atoms with van der Waals surface area (Å²) in [5.74, 6) is 1.40. The minimum absolute atomic E-state index is 0.491.